The molecule has 1 fully saturated rings. The zero-order valence-electron chi connectivity index (χ0n) is 12.2. The van der Waals surface area contributed by atoms with Crippen molar-refractivity contribution in [1.29, 1.82) is 0 Å². The minimum atomic E-state index is 0. The van der Waals surface area contributed by atoms with Gasteiger partial charge in [-0.1, -0.05) is 6.08 Å². The van der Waals surface area contributed by atoms with Crippen LogP contribution in [0.5, 0.6) is 5.75 Å². The molecule has 2 rings (SSSR count). The van der Waals surface area contributed by atoms with Crippen LogP contribution in [0.3, 0.4) is 0 Å². The van der Waals surface area contributed by atoms with E-state index in [-0.39, 0.29) is 30.6 Å². The first-order chi connectivity index (χ1) is 9.63. The van der Waals surface area contributed by atoms with Gasteiger partial charge in [0, 0.05) is 32.2 Å². The van der Waals surface area contributed by atoms with E-state index in [1.54, 1.807) is 0 Å². The molecule has 1 aromatic rings. The molecule has 0 unspecified atom stereocenters. The van der Waals surface area contributed by atoms with Crippen LogP contribution in [0, 0.1) is 0 Å². The van der Waals surface area contributed by atoms with Gasteiger partial charge in [0.2, 0.25) is 0 Å². The van der Waals surface area contributed by atoms with Crippen molar-refractivity contribution < 1.29 is 5.11 Å². The summed E-state index contributed by atoms with van der Waals surface area (Å²) in [5.41, 5.74) is 1.23. The van der Waals surface area contributed by atoms with E-state index >= 15 is 0 Å². The molecule has 0 spiro atoms. The first-order valence-electron chi connectivity index (χ1n) is 6.87. The van der Waals surface area contributed by atoms with E-state index in [1.165, 1.54) is 5.56 Å². The Labute approximate surface area is 161 Å². The van der Waals surface area contributed by atoms with Gasteiger partial charge in [-0.15, -0.1) is 31.4 Å². The number of piperazine rings is 1. The molecule has 1 atom stereocenters. The summed E-state index contributed by atoms with van der Waals surface area (Å²) in [6.45, 7) is 8.00. The van der Waals surface area contributed by atoms with Gasteiger partial charge in [0.15, 0.2) is 0 Å². The van der Waals surface area contributed by atoms with E-state index in [9.17, 15) is 5.11 Å². The van der Waals surface area contributed by atoms with E-state index in [0.717, 1.165) is 48.0 Å². The maximum Gasteiger partial charge on any atom is 0.143 e. The summed E-state index contributed by atoms with van der Waals surface area (Å²) in [5, 5.41) is 13.3. The van der Waals surface area contributed by atoms with Crippen LogP contribution in [-0.4, -0.2) is 36.2 Å². The molecule has 3 nitrogen and oxygen atoms in total. The Bertz CT molecular complexity index is 460. The Morgan fingerprint density at radius 3 is 2.27 bits per heavy atom. The van der Waals surface area contributed by atoms with Crippen molar-refractivity contribution in [2.24, 2.45) is 0 Å². The quantitative estimate of drug-likeness (QED) is 0.606. The van der Waals surface area contributed by atoms with Gasteiger partial charge >= 0.3 is 0 Å². The largest absolute Gasteiger partial charge is 0.506 e. The fraction of sp³-hybridized carbons (Fsp3) is 0.467. The Hall–Kier alpha value is 0.220. The number of nitrogens with zero attached hydrogens (tertiary/aromatic N) is 1. The number of rotatable bonds is 5. The number of halogens is 4. The highest BCUT2D eigenvalue weighted by atomic mass is 79.9. The van der Waals surface area contributed by atoms with E-state index in [2.05, 4.69) is 48.7 Å². The predicted octanol–water partition coefficient (Wildman–Crippen LogP) is 4.67. The molecule has 126 valence electrons. The van der Waals surface area contributed by atoms with Crippen LogP contribution in [0.25, 0.3) is 0 Å². The highest BCUT2D eigenvalue weighted by Crippen LogP contribution is 2.37. The Morgan fingerprint density at radius 2 is 1.77 bits per heavy atom. The highest BCUT2D eigenvalue weighted by molar-refractivity contribution is 9.11. The fourth-order valence-corrected chi connectivity index (χ4v) is 3.83. The predicted molar refractivity (Wildman–Crippen MR) is 105 cm³/mol. The smallest absolute Gasteiger partial charge is 0.143 e. The summed E-state index contributed by atoms with van der Waals surface area (Å²) in [6.07, 6.45) is 4.01. The lowest BCUT2D eigenvalue weighted by molar-refractivity contribution is 0.166. The van der Waals surface area contributed by atoms with E-state index < -0.39 is 0 Å². The van der Waals surface area contributed by atoms with Gasteiger partial charge in [-0.05, 0) is 62.4 Å². The SMILES string of the molecule is C=CCC[C@@H](c1cc(Br)c(O)c(Br)c1)N1CCNCC1.Cl.Cl. The topological polar surface area (TPSA) is 35.5 Å². The van der Waals surface area contributed by atoms with Crippen LogP contribution in [0.4, 0.5) is 0 Å². The molecule has 1 heterocycles. The van der Waals surface area contributed by atoms with Gasteiger partial charge in [-0.2, -0.15) is 0 Å². The third-order valence-electron chi connectivity index (χ3n) is 3.66. The lowest BCUT2D eigenvalue weighted by Crippen LogP contribution is -2.45. The van der Waals surface area contributed by atoms with Gasteiger partial charge < -0.3 is 10.4 Å². The minimum Gasteiger partial charge on any atom is -0.506 e. The lowest BCUT2D eigenvalue weighted by atomic mass is 9.99. The molecule has 2 N–H and O–H groups in total. The molecule has 0 aliphatic carbocycles. The second-order valence-electron chi connectivity index (χ2n) is 5.00. The molecular weight excluding hydrogens is 455 g/mol. The standard InChI is InChI=1S/C15H20Br2N2O.2ClH/c1-2-3-4-14(19-7-5-18-6-8-19)11-9-12(16)15(20)13(17)10-11;;/h2,9-10,14,18,20H,1,3-8H2;2*1H/t14-;;/m0../s1. The molecule has 1 aliphatic heterocycles. The van der Waals surface area contributed by atoms with Crippen molar-refractivity contribution in [3.05, 3.63) is 39.3 Å². The summed E-state index contributed by atoms with van der Waals surface area (Å²) in [5.74, 6) is 0.261. The zero-order valence-corrected chi connectivity index (χ0v) is 17.0. The van der Waals surface area contributed by atoms with Crippen LogP contribution in [0.15, 0.2) is 33.7 Å². The van der Waals surface area contributed by atoms with Gasteiger partial charge in [-0.3, -0.25) is 4.90 Å². The van der Waals surface area contributed by atoms with Crippen LogP contribution in [0.2, 0.25) is 0 Å². The van der Waals surface area contributed by atoms with E-state index in [0.29, 0.717) is 6.04 Å². The molecule has 7 heteroatoms. The Morgan fingerprint density at radius 1 is 1.23 bits per heavy atom. The molecule has 1 aliphatic rings. The molecule has 0 radical (unpaired) electrons. The summed E-state index contributed by atoms with van der Waals surface area (Å²) < 4.78 is 1.47. The molecule has 0 saturated carbocycles. The molecular formula is C15H22Br2Cl2N2O. The fourth-order valence-electron chi connectivity index (χ4n) is 2.61. The Kier molecular flexibility index (Phi) is 11.0. The number of phenolic OH excluding ortho intramolecular Hbond substituents is 1. The van der Waals surface area contributed by atoms with Crippen molar-refractivity contribution in [1.82, 2.24) is 10.2 Å². The molecule has 0 bridgehead atoms. The molecule has 1 aromatic carbocycles. The number of phenols is 1. The first-order valence-corrected chi connectivity index (χ1v) is 8.45. The lowest BCUT2D eigenvalue weighted by Gasteiger charge is -2.35. The van der Waals surface area contributed by atoms with Crippen LogP contribution in [0.1, 0.15) is 24.4 Å². The molecule has 1 saturated heterocycles. The number of hydrogen-bond donors (Lipinski definition) is 2. The third-order valence-corrected chi connectivity index (χ3v) is 4.87. The van der Waals surface area contributed by atoms with E-state index in [1.807, 2.05) is 18.2 Å². The molecule has 22 heavy (non-hydrogen) atoms. The number of hydrogen-bond acceptors (Lipinski definition) is 3. The third kappa shape index (κ3) is 5.69. The maximum absolute atomic E-state index is 9.87. The first kappa shape index (κ1) is 22.2. The number of allylic oxidation sites excluding steroid dienone is 1. The molecule has 0 amide bonds. The molecule has 0 aromatic heterocycles. The summed E-state index contributed by atoms with van der Waals surface area (Å²) in [7, 11) is 0. The van der Waals surface area contributed by atoms with Crippen LogP contribution in [-0.2, 0) is 0 Å². The summed E-state index contributed by atoms with van der Waals surface area (Å²) in [6, 6.07) is 4.41. The number of benzene rings is 1. The minimum absolute atomic E-state index is 0. The maximum atomic E-state index is 9.87. The second kappa shape index (κ2) is 10.9. The summed E-state index contributed by atoms with van der Waals surface area (Å²) in [4.78, 5) is 2.51. The van der Waals surface area contributed by atoms with Crippen molar-refractivity contribution in [2.75, 3.05) is 26.2 Å². The van der Waals surface area contributed by atoms with Crippen molar-refractivity contribution >= 4 is 56.7 Å². The van der Waals surface area contributed by atoms with E-state index in [4.69, 9.17) is 0 Å². The Balaban J connectivity index is 0.00000220. The average Bonchev–Trinajstić information content (AvgIpc) is 2.46. The van der Waals surface area contributed by atoms with Crippen molar-refractivity contribution in [3.63, 3.8) is 0 Å². The summed E-state index contributed by atoms with van der Waals surface area (Å²) >= 11 is 6.85. The van der Waals surface area contributed by atoms with Gasteiger partial charge in [-0.25, -0.2) is 0 Å². The van der Waals surface area contributed by atoms with Crippen LogP contribution >= 0.6 is 56.7 Å². The number of aromatic hydroxyl groups is 1. The van der Waals surface area contributed by atoms with Crippen molar-refractivity contribution in [3.8, 4) is 5.75 Å². The second-order valence-corrected chi connectivity index (χ2v) is 6.71. The van der Waals surface area contributed by atoms with Gasteiger partial charge in [0.05, 0.1) is 8.95 Å². The van der Waals surface area contributed by atoms with Crippen LogP contribution < -0.4 is 5.32 Å². The van der Waals surface area contributed by atoms with Gasteiger partial charge in [0.25, 0.3) is 0 Å². The normalized spacial score (nSPS) is 16.3. The zero-order chi connectivity index (χ0) is 14.5. The van der Waals surface area contributed by atoms with Crippen molar-refractivity contribution in [2.45, 2.75) is 18.9 Å². The monoisotopic (exact) mass is 474 g/mol. The number of nitrogens with one attached hydrogen (secondary N) is 1. The van der Waals surface area contributed by atoms with Gasteiger partial charge in [0.1, 0.15) is 5.75 Å². The average molecular weight is 477 g/mol. The highest BCUT2D eigenvalue weighted by Gasteiger charge is 2.23.